The number of carbonyl (C=O) groups excluding carboxylic acids is 2. The first-order valence-electron chi connectivity index (χ1n) is 9.39. The predicted octanol–water partition coefficient (Wildman–Crippen LogP) is 4.72. The van der Waals surface area contributed by atoms with Crippen molar-refractivity contribution < 1.29 is 18.7 Å². The molecule has 0 aliphatic rings. The Morgan fingerprint density at radius 2 is 1.84 bits per heavy atom. The Morgan fingerprint density at radius 3 is 2.48 bits per heavy atom. The van der Waals surface area contributed by atoms with Gasteiger partial charge in [-0.25, -0.2) is 9.07 Å². The number of amides is 1. The Hall–Kier alpha value is -2.90. The molecule has 1 amide bonds. The molecule has 31 heavy (non-hydrogen) atoms. The van der Waals surface area contributed by atoms with Crippen LogP contribution in [0.2, 0.25) is 10.2 Å². The minimum absolute atomic E-state index is 0.105. The molecule has 1 aromatic heterocycles. The largest absolute Gasteiger partial charge is 0.469 e. The van der Waals surface area contributed by atoms with E-state index in [9.17, 15) is 14.0 Å². The summed E-state index contributed by atoms with van der Waals surface area (Å²) in [4.78, 5) is 25.0. The molecule has 0 aliphatic heterocycles. The zero-order valence-electron chi connectivity index (χ0n) is 16.9. The third-order valence-electron chi connectivity index (χ3n) is 4.72. The van der Waals surface area contributed by atoms with Crippen LogP contribution in [-0.4, -0.2) is 28.8 Å². The summed E-state index contributed by atoms with van der Waals surface area (Å²) in [5.74, 6) is -1.34. The van der Waals surface area contributed by atoms with E-state index in [1.807, 2.05) is 0 Å². The van der Waals surface area contributed by atoms with E-state index in [-0.39, 0.29) is 29.5 Å². The van der Waals surface area contributed by atoms with Gasteiger partial charge in [0.25, 0.3) is 5.91 Å². The highest BCUT2D eigenvalue weighted by Gasteiger charge is 2.26. The summed E-state index contributed by atoms with van der Waals surface area (Å²) in [6.45, 7) is 1.93. The second-order valence-corrected chi connectivity index (χ2v) is 7.63. The highest BCUT2D eigenvalue weighted by Crippen LogP contribution is 2.27. The number of hydrogen-bond donors (Lipinski definition) is 1. The lowest BCUT2D eigenvalue weighted by Gasteiger charge is -2.19. The summed E-state index contributed by atoms with van der Waals surface area (Å²) in [7, 11) is 1.27. The van der Waals surface area contributed by atoms with E-state index in [1.165, 1.54) is 23.9 Å². The highest BCUT2D eigenvalue weighted by molar-refractivity contribution is 6.33. The minimum Gasteiger partial charge on any atom is -0.469 e. The van der Waals surface area contributed by atoms with E-state index < -0.39 is 17.9 Å². The number of aryl methyl sites for hydroxylation is 1. The minimum atomic E-state index is -0.718. The Labute approximate surface area is 188 Å². The number of aromatic nitrogens is 2. The molecule has 0 fully saturated rings. The first kappa shape index (κ1) is 22.8. The maximum atomic E-state index is 13.1. The molecule has 1 unspecified atom stereocenters. The number of nitrogens with one attached hydrogen (secondary N) is 1. The number of esters is 1. The van der Waals surface area contributed by atoms with Gasteiger partial charge in [0.05, 0.1) is 37.4 Å². The number of nitrogens with zero attached hydrogens (tertiary/aromatic N) is 2. The summed E-state index contributed by atoms with van der Waals surface area (Å²) >= 11 is 12.7. The third-order valence-corrected chi connectivity index (χ3v) is 5.45. The van der Waals surface area contributed by atoms with Gasteiger partial charge < -0.3 is 10.1 Å². The summed E-state index contributed by atoms with van der Waals surface area (Å²) in [5, 5.41) is 7.69. The molecular weight excluding hydrogens is 444 g/mol. The Bertz CT molecular complexity index is 1100. The molecule has 3 rings (SSSR count). The molecule has 2 aromatic carbocycles. The van der Waals surface area contributed by atoms with Crippen molar-refractivity contribution in [2.75, 3.05) is 7.11 Å². The molecule has 6 nitrogen and oxygen atoms in total. The van der Waals surface area contributed by atoms with Crippen LogP contribution in [0.5, 0.6) is 0 Å². The normalized spacial score (nSPS) is 11.8. The first-order valence-corrected chi connectivity index (χ1v) is 10.1. The van der Waals surface area contributed by atoms with Crippen molar-refractivity contribution in [3.8, 4) is 0 Å². The molecule has 0 spiro atoms. The fourth-order valence-electron chi connectivity index (χ4n) is 3.16. The van der Waals surface area contributed by atoms with E-state index in [1.54, 1.807) is 43.3 Å². The number of carbonyl (C=O) groups is 2. The molecule has 0 saturated carbocycles. The standard InChI is InChI=1S/C22H20Cl2FN3O3/c1-13-20(21(24)28(27-13)12-14-7-9-15(25)10-8-14)22(30)26-18(11-19(29)31-2)16-5-3-4-6-17(16)23/h3-10,18H,11-12H2,1-2H3,(H,26,30). The molecule has 1 heterocycles. The Morgan fingerprint density at radius 1 is 1.16 bits per heavy atom. The molecule has 3 aromatic rings. The average Bonchev–Trinajstić information content (AvgIpc) is 3.02. The molecule has 0 bridgehead atoms. The quantitative estimate of drug-likeness (QED) is 0.514. The molecule has 1 atom stereocenters. The van der Waals surface area contributed by atoms with Crippen LogP contribution in [0.1, 0.15) is 39.6 Å². The second kappa shape index (κ2) is 9.94. The Balaban J connectivity index is 1.86. The number of ether oxygens (including phenoxy) is 1. The van der Waals surface area contributed by atoms with E-state index >= 15 is 0 Å². The van der Waals surface area contributed by atoms with Gasteiger partial charge in [-0.1, -0.05) is 53.5 Å². The van der Waals surface area contributed by atoms with Crippen molar-refractivity contribution in [3.63, 3.8) is 0 Å². The first-order chi connectivity index (χ1) is 14.8. The van der Waals surface area contributed by atoms with Crippen LogP contribution in [-0.2, 0) is 16.1 Å². The lowest BCUT2D eigenvalue weighted by molar-refractivity contribution is -0.141. The van der Waals surface area contributed by atoms with Crippen molar-refractivity contribution >= 4 is 35.1 Å². The summed E-state index contributed by atoms with van der Waals surface area (Å²) in [5.41, 5.74) is 1.96. The van der Waals surface area contributed by atoms with Crippen LogP contribution in [0.3, 0.4) is 0 Å². The number of benzene rings is 2. The molecule has 0 aliphatic carbocycles. The Kier molecular flexibility index (Phi) is 7.30. The summed E-state index contributed by atoms with van der Waals surface area (Å²) in [6.07, 6.45) is -0.105. The van der Waals surface area contributed by atoms with E-state index in [0.717, 1.165) is 5.56 Å². The van der Waals surface area contributed by atoms with Crippen molar-refractivity contribution in [1.29, 1.82) is 0 Å². The second-order valence-electron chi connectivity index (χ2n) is 6.86. The van der Waals surface area contributed by atoms with E-state index in [2.05, 4.69) is 10.4 Å². The van der Waals surface area contributed by atoms with Gasteiger partial charge in [-0.2, -0.15) is 5.10 Å². The molecule has 0 radical (unpaired) electrons. The van der Waals surface area contributed by atoms with E-state index in [4.69, 9.17) is 27.9 Å². The molecular formula is C22H20Cl2FN3O3. The summed E-state index contributed by atoms with van der Waals surface area (Å²) in [6, 6.07) is 12.1. The lowest BCUT2D eigenvalue weighted by Crippen LogP contribution is -2.31. The molecule has 0 saturated heterocycles. The number of halogens is 3. The van der Waals surface area contributed by atoms with E-state index in [0.29, 0.717) is 16.3 Å². The molecule has 162 valence electrons. The fraction of sp³-hybridized carbons (Fsp3) is 0.227. The van der Waals surface area contributed by atoms with Gasteiger partial charge >= 0.3 is 5.97 Å². The van der Waals surface area contributed by atoms with Crippen LogP contribution in [0.4, 0.5) is 4.39 Å². The molecule has 1 N–H and O–H groups in total. The van der Waals surface area contributed by atoms with Crippen LogP contribution in [0.15, 0.2) is 48.5 Å². The SMILES string of the molecule is COC(=O)CC(NC(=O)c1c(C)nn(Cc2ccc(F)cc2)c1Cl)c1ccccc1Cl. The van der Waals surface area contributed by atoms with Crippen LogP contribution >= 0.6 is 23.2 Å². The maximum absolute atomic E-state index is 13.1. The molecule has 9 heteroatoms. The monoisotopic (exact) mass is 463 g/mol. The van der Waals surface area contributed by atoms with Crippen molar-refractivity contribution in [2.24, 2.45) is 0 Å². The third kappa shape index (κ3) is 5.42. The average molecular weight is 464 g/mol. The van der Waals surface area contributed by atoms with Crippen molar-refractivity contribution in [1.82, 2.24) is 15.1 Å². The fourth-order valence-corrected chi connectivity index (χ4v) is 3.74. The predicted molar refractivity (Wildman–Crippen MR) is 116 cm³/mol. The summed E-state index contributed by atoms with van der Waals surface area (Å²) < 4.78 is 19.4. The topological polar surface area (TPSA) is 73.2 Å². The lowest BCUT2D eigenvalue weighted by atomic mass is 10.0. The number of methoxy groups -OCH3 is 1. The van der Waals surface area contributed by atoms with Gasteiger partial charge in [0, 0.05) is 5.02 Å². The zero-order chi connectivity index (χ0) is 22.5. The van der Waals surface area contributed by atoms with Gasteiger partial charge in [-0.05, 0) is 36.2 Å². The van der Waals surface area contributed by atoms with Crippen LogP contribution in [0.25, 0.3) is 0 Å². The van der Waals surface area contributed by atoms with Gasteiger partial charge in [-0.15, -0.1) is 0 Å². The van der Waals surface area contributed by atoms with Crippen molar-refractivity contribution in [2.45, 2.75) is 25.9 Å². The number of hydrogen-bond acceptors (Lipinski definition) is 4. The van der Waals surface area contributed by atoms with Crippen LogP contribution < -0.4 is 5.32 Å². The number of rotatable bonds is 7. The zero-order valence-corrected chi connectivity index (χ0v) is 18.4. The van der Waals surface area contributed by atoms with Crippen molar-refractivity contribution in [3.05, 3.63) is 86.9 Å². The van der Waals surface area contributed by atoms with Gasteiger partial charge in [0.2, 0.25) is 0 Å². The highest BCUT2D eigenvalue weighted by atomic mass is 35.5. The maximum Gasteiger partial charge on any atom is 0.307 e. The van der Waals surface area contributed by atoms with Gasteiger partial charge in [-0.3, -0.25) is 9.59 Å². The van der Waals surface area contributed by atoms with Gasteiger partial charge in [0.15, 0.2) is 0 Å². The van der Waals surface area contributed by atoms with Crippen LogP contribution in [0, 0.1) is 12.7 Å². The smallest absolute Gasteiger partial charge is 0.307 e. The van der Waals surface area contributed by atoms with Gasteiger partial charge in [0.1, 0.15) is 11.0 Å².